The molecule has 0 saturated carbocycles. The molecule has 0 spiro atoms. The molecule has 0 bridgehead atoms. The van der Waals surface area contributed by atoms with Crippen molar-refractivity contribution in [2.45, 2.75) is 33.4 Å². The molecule has 1 aliphatic rings. The van der Waals surface area contributed by atoms with Crippen LogP contribution in [0.15, 0.2) is 36.5 Å². The standard InChI is InChI=1S/C22H29N3O3/c1-16(2)28-22(26)20-17(3)8-9-23-21(20)25-12-10-24(11-13-25)15-18-6-5-7-19(14-18)27-4/h5-9,14,16H,10-13,15H2,1-4H3. The summed E-state index contributed by atoms with van der Waals surface area (Å²) in [5.74, 6) is 1.31. The summed E-state index contributed by atoms with van der Waals surface area (Å²) in [5.41, 5.74) is 2.72. The van der Waals surface area contributed by atoms with Gasteiger partial charge in [-0.25, -0.2) is 9.78 Å². The molecule has 2 aromatic rings. The van der Waals surface area contributed by atoms with Gasteiger partial charge < -0.3 is 14.4 Å². The fraction of sp³-hybridized carbons (Fsp3) is 0.455. The Morgan fingerprint density at radius 2 is 1.93 bits per heavy atom. The first kappa shape index (κ1) is 20.1. The van der Waals surface area contributed by atoms with Gasteiger partial charge in [-0.3, -0.25) is 4.90 Å². The summed E-state index contributed by atoms with van der Waals surface area (Å²) < 4.78 is 10.8. The van der Waals surface area contributed by atoms with Crippen molar-refractivity contribution in [3.63, 3.8) is 0 Å². The van der Waals surface area contributed by atoms with Gasteiger partial charge in [0, 0.05) is 38.9 Å². The van der Waals surface area contributed by atoms with Crippen molar-refractivity contribution in [3.05, 3.63) is 53.2 Å². The number of pyridine rings is 1. The van der Waals surface area contributed by atoms with E-state index in [2.05, 4.69) is 26.9 Å². The van der Waals surface area contributed by atoms with Crippen LogP contribution in [-0.4, -0.2) is 55.2 Å². The maximum atomic E-state index is 12.6. The predicted molar refractivity (Wildman–Crippen MR) is 110 cm³/mol. The van der Waals surface area contributed by atoms with E-state index < -0.39 is 0 Å². The topological polar surface area (TPSA) is 54.9 Å². The lowest BCUT2D eigenvalue weighted by Crippen LogP contribution is -2.46. The molecule has 1 aliphatic heterocycles. The number of carbonyl (C=O) groups excluding carboxylic acids is 1. The lowest BCUT2D eigenvalue weighted by molar-refractivity contribution is 0.0377. The van der Waals surface area contributed by atoms with Crippen LogP contribution in [-0.2, 0) is 11.3 Å². The van der Waals surface area contributed by atoms with Crippen molar-refractivity contribution >= 4 is 11.8 Å². The van der Waals surface area contributed by atoms with Gasteiger partial charge in [0.25, 0.3) is 0 Å². The molecular weight excluding hydrogens is 354 g/mol. The monoisotopic (exact) mass is 383 g/mol. The number of nitrogens with zero attached hydrogens (tertiary/aromatic N) is 3. The minimum Gasteiger partial charge on any atom is -0.497 e. The molecule has 28 heavy (non-hydrogen) atoms. The summed E-state index contributed by atoms with van der Waals surface area (Å²) in [5, 5.41) is 0. The quantitative estimate of drug-likeness (QED) is 0.714. The summed E-state index contributed by atoms with van der Waals surface area (Å²) in [6, 6.07) is 10.0. The molecule has 6 heteroatoms. The summed E-state index contributed by atoms with van der Waals surface area (Å²) in [7, 11) is 1.69. The number of aryl methyl sites for hydroxylation is 1. The van der Waals surface area contributed by atoms with Gasteiger partial charge >= 0.3 is 5.97 Å². The molecule has 0 N–H and O–H groups in total. The van der Waals surface area contributed by atoms with Crippen molar-refractivity contribution in [1.82, 2.24) is 9.88 Å². The zero-order valence-corrected chi connectivity index (χ0v) is 17.1. The van der Waals surface area contributed by atoms with E-state index in [0.717, 1.165) is 49.9 Å². The lowest BCUT2D eigenvalue weighted by Gasteiger charge is -2.36. The summed E-state index contributed by atoms with van der Waals surface area (Å²) in [6.45, 7) is 10.00. The Bertz CT molecular complexity index is 814. The number of benzene rings is 1. The molecular formula is C22H29N3O3. The minimum atomic E-state index is -0.297. The van der Waals surface area contributed by atoms with Gasteiger partial charge in [0.15, 0.2) is 0 Å². The van der Waals surface area contributed by atoms with E-state index in [1.807, 2.05) is 39.0 Å². The van der Waals surface area contributed by atoms with Gasteiger partial charge in [-0.15, -0.1) is 0 Å². The van der Waals surface area contributed by atoms with Crippen LogP contribution in [0.25, 0.3) is 0 Å². The zero-order valence-electron chi connectivity index (χ0n) is 17.1. The SMILES string of the molecule is COc1cccc(CN2CCN(c3nccc(C)c3C(=O)OC(C)C)CC2)c1. The molecule has 0 unspecified atom stereocenters. The third-order valence-corrected chi connectivity index (χ3v) is 4.90. The Kier molecular flexibility index (Phi) is 6.52. The third-order valence-electron chi connectivity index (χ3n) is 4.90. The average molecular weight is 383 g/mol. The lowest BCUT2D eigenvalue weighted by atomic mass is 10.1. The Morgan fingerprint density at radius 1 is 1.18 bits per heavy atom. The van der Waals surface area contributed by atoms with E-state index in [1.54, 1.807) is 13.3 Å². The van der Waals surface area contributed by atoms with Crippen LogP contribution in [0.5, 0.6) is 5.75 Å². The maximum absolute atomic E-state index is 12.6. The predicted octanol–water partition coefficient (Wildman–Crippen LogP) is 3.29. The minimum absolute atomic E-state index is 0.153. The molecule has 1 aromatic heterocycles. The Labute approximate surface area is 167 Å². The molecule has 0 atom stereocenters. The normalized spacial score (nSPS) is 15.0. The number of carbonyl (C=O) groups is 1. The van der Waals surface area contributed by atoms with Gasteiger partial charge in [-0.05, 0) is 50.1 Å². The van der Waals surface area contributed by atoms with Crippen LogP contribution in [0.1, 0.15) is 35.3 Å². The van der Waals surface area contributed by atoms with E-state index in [-0.39, 0.29) is 12.1 Å². The van der Waals surface area contributed by atoms with Crippen LogP contribution < -0.4 is 9.64 Å². The number of aromatic nitrogens is 1. The first-order valence-electron chi connectivity index (χ1n) is 9.74. The number of hydrogen-bond donors (Lipinski definition) is 0. The summed E-state index contributed by atoms with van der Waals surface area (Å²) in [6.07, 6.45) is 1.61. The molecule has 0 amide bonds. The third kappa shape index (κ3) is 4.81. The summed E-state index contributed by atoms with van der Waals surface area (Å²) >= 11 is 0. The number of rotatable bonds is 6. The van der Waals surface area contributed by atoms with Crippen molar-refractivity contribution in [1.29, 1.82) is 0 Å². The highest BCUT2D eigenvalue weighted by Gasteiger charge is 2.25. The number of esters is 1. The summed E-state index contributed by atoms with van der Waals surface area (Å²) in [4.78, 5) is 21.7. The van der Waals surface area contributed by atoms with Gasteiger partial charge in [0.2, 0.25) is 0 Å². The second kappa shape index (κ2) is 9.06. The number of ether oxygens (including phenoxy) is 2. The Balaban J connectivity index is 1.68. The highest BCUT2D eigenvalue weighted by Crippen LogP contribution is 2.24. The van der Waals surface area contributed by atoms with Crippen LogP contribution in [0.4, 0.5) is 5.82 Å². The number of methoxy groups -OCH3 is 1. The first-order valence-corrected chi connectivity index (χ1v) is 9.74. The van der Waals surface area contributed by atoms with Gasteiger partial charge in [-0.2, -0.15) is 0 Å². The van der Waals surface area contributed by atoms with Gasteiger partial charge in [0.05, 0.1) is 13.2 Å². The molecule has 3 rings (SSSR count). The van der Waals surface area contributed by atoms with Crippen LogP contribution in [0.2, 0.25) is 0 Å². The molecule has 6 nitrogen and oxygen atoms in total. The Morgan fingerprint density at radius 3 is 2.61 bits per heavy atom. The van der Waals surface area contributed by atoms with Gasteiger partial charge in [-0.1, -0.05) is 12.1 Å². The average Bonchev–Trinajstić information content (AvgIpc) is 2.68. The molecule has 1 fully saturated rings. The smallest absolute Gasteiger partial charge is 0.342 e. The fourth-order valence-electron chi connectivity index (χ4n) is 3.46. The molecule has 1 saturated heterocycles. The van der Waals surface area contributed by atoms with Crippen molar-refractivity contribution in [3.8, 4) is 5.75 Å². The number of hydrogen-bond acceptors (Lipinski definition) is 6. The largest absolute Gasteiger partial charge is 0.497 e. The molecule has 1 aromatic carbocycles. The molecule has 0 aliphatic carbocycles. The van der Waals surface area contributed by atoms with E-state index in [0.29, 0.717) is 5.56 Å². The maximum Gasteiger partial charge on any atom is 0.342 e. The number of piperazine rings is 1. The second-order valence-corrected chi connectivity index (χ2v) is 7.40. The van der Waals surface area contributed by atoms with E-state index in [4.69, 9.17) is 9.47 Å². The molecule has 150 valence electrons. The van der Waals surface area contributed by atoms with Crippen LogP contribution >= 0.6 is 0 Å². The highest BCUT2D eigenvalue weighted by molar-refractivity contribution is 5.96. The van der Waals surface area contributed by atoms with E-state index in [1.165, 1.54) is 5.56 Å². The van der Waals surface area contributed by atoms with E-state index >= 15 is 0 Å². The number of anilines is 1. The van der Waals surface area contributed by atoms with Crippen molar-refractivity contribution in [2.75, 3.05) is 38.2 Å². The second-order valence-electron chi connectivity index (χ2n) is 7.40. The van der Waals surface area contributed by atoms with Crippen molar-refractivity contribution in [2.24, 2.45) is 0 Å². The van der Waals surface area contributed by atoms with Crippen molar-refractivity contribution < 1.29 is 14.3 Å². The molecule has 2 heterocycles. The molecule has 0 radical (unpaired) electrons. The first-order chi connectivity index (χ1) is 13.5. The highest BCUT2D eigenvalue weighted by atomic mass is 16.5. The van der Waals surface area contributed by atoms with Crippen LogP contribution in [0.3, 0.4) is 0 Å². The van der Waals surface area contributed by atoms with Gasteiger partial charge in [0.1, 0.15) is 17.1 Å². The fourth-order valence-corrected chi connectivity index (χ4v) is 3.46. The Hall–Kier alpha value is -2.60. The van der Waals surface area contributed by atoms with E-state index in [9.17, 15) is 4.79 Å². The van der Waals surface area contributed by atoms with Crippen LogP contribution in [0, 0.1) is 6.92 Å². The zero-order chi connectivity index (χ0) is 20.1.